The van der Waals surface area contributed by atoms with Gasteiger partial charge in [0.05, 0.1) is 5.04 Å². The Morgan fingerprint density at radius 3 is 2.00 bits per heavy atom. The van der Waals surface area contributed by atoms with Crippen molar-refractivity contribution in [3.63, 3.8) is 0 Å². The van der Waals surface area contributed by atoms with Crippen LogP contribution in [0.3, 0.4) is 0 Å². The van der Waals surface area contributed by atoms with Crippen LogP contribution in [-0.2, 0) is 0 Å². The third-order valence-corrected chi connectivity index (χ3v) is 2.17. The molecule has 0 aliphatic heterocycles. The van der Waals surface area contributed by atoms with Gasteiger partial charge in [0.2, 0.25) is 0 Å². The van der Waals surface area contributed by atoms with Crippen LogP contribution in [0.5, 0.6) is 0 Å². The maximum Gasteiger partial charge on any atom is 0.0610 e. The summed E-state index contributed by atoms with van der Waals surface area (Å²) in [5, 5.41) is 7.85. The number of thioether (sulfide) groups is 1. The van der Waals surface area contributed by atoms with E-state index < -0.39 is 0 Å². The van der Waals surface area contributed by atoms with E-state index in [1.54, 1.807) is 11.8 Å². The lowest BCUT2D eigenvalue weighted by Gasteiger charge is -2.16. The summed E-state index contributed by atoms with van der Waals surface area (Å²) in [5.74, 6) is 1.04. The first-order chi connectivity index (χ1) is 3.92. The molecule has 0 unspecified atom stereocenters. The molecule has 54 valence electrons. The molecule has 1 N–H and O–H groups in total. The molecule has 0 radical (unpaired) electrons. The molecule has 1 nitrogen and oxygen atoms in total. The van der Waals surface area contributed by atoms with Crippen molar-refractivity contribution in [2.75, 3.05) is 5.75 Å². The quantitative estimate of drug-likeness (QED) is 0.445. The lowest BCUT2D eigenvalue weighted by atomic mass is 10.0. The summed E-state index contributed by atoms with van der Waals surface area (Å²) in [7, 11) is 0. The minimum absolute atomic E-state index is 0.354. The SMILES string of the molecule is CC(=N)SCC(C)(C)C. The van der Waals surface area contributed by atoms with E-state index >= 15 is 0 Å². The molecular weight excluding hydrogens is 130 g/mol. The Morgan fingerprint density at radius 1 is 1.44 bits per heavy atom. The fraction of sp³-hybridized carbons (Fsp3) is 0.857. The van der Waals surface area contributed by atoms with E-state index in [9.17, 15) is 0 Å². The summed E-state index contributed by atoms with van der Waals surface area (Å²) < 4.78 is 0. The molecular formula is C7H15NS. The third kappa shape index (κ3) is 8.02. The molecule has 0 aromatic rings. The van der Waals surface area contributed by atoms with Crippen molar-refractivity contribution < 1.29 is 0 Å². The Hall–Kier alpha value is 0.0200. The Morgan fingerprint density at radius 2 is 1.89 bits per heavy atom. The zero-order valence-electron chi connectivity index (χ0n) is 6.62. The van der Waals surface area contributed by atoms with E-state index in [4.69, 9.17) is 5.41 Å². The van der Waals surface area contributed by atoms with Gasteiger partial charge < -0.3 is 0 Å². The van der Waals surface area contributed by atoms with Gasteiger partial charge in [0.1, 0.15) is 0 Å². The molecule has 0 spiro atoms. The highest BCUT2D eigenvalue weighted by molar-refractivity contribution is 8.13. The molecule has 0 fully saturated rings. The second-order valence-electron chi connectivity index (χ2n) is 3.41. The summed E-state index contributed by atoms with van der Waals surface area (Å²) >= 11 is 1.62. The second-order valence-corrected chi connectivity index (χ2v) is 4.60. The van der Waals surface area contributed by atoms with Crippen molar-refractivity contribution >= 4 is 16.8 Å². The predicted octanol–water partition coefficient (Wildman–Crippen LogP) is 2.76. The molecule has 0 heterocycles. The third-order valence-electron chi connectivity index (χ3n) is 0.722. The first-order valence-corrected chi connectivity index (χ1v) is 4.08. The zero-order chi connectivity index (χ0) is 7.49. The van der Waals surface area contributed by atoms with Crippen molar-refractivity contribution in [3.05, 3.63) is 0 Å². The van der Waals surface area contributed by atoms with Gasteiger partial charge in [-0.15, -0.1) is 11.8 Å². The van der Waals surface area contributed by atoms with Crippen LogP contribution in [0.4, 0.5) is 0 Å². The Balaban J connectivity index is 3.39. The van der Waals surface area contributed by atoms with Gasteiger partial charge in [-0.2, -0.15) is 0 Å². The number of rotatable bonds is 1. The van der Waals surface area contributed by atoms with Gasteiger partial charge in [-0.05, 0) is 12.3 Å². The molecule has 0 bridgehead atoms. The Labute approximate surface area is 61.7 Å². The summed E-state index contributed by atoms with van der Waals surface area (Å²) in [4.78, 5) is 0. The van der Waals surface area contributed by atoms with E-state index in [1.165, 1.54) is 0 Å². The molecule has 0 atom stereocenters. The van der Waals surface area contributed by atoms with Gasteiger partial charge in [0.25, 0.3) is 0 Å². The Kier molecular flexibility index (Phi) is 3.26. The maximum atomic E-state index is 7.14. The minimum Gasteiger partial charge on any atom is -0.299 e. The van der Waals surface area contributed by atoms with Gasteiger partial charge in [-0.25, -0.2) is 0 Å². The van der Waals surface area contributed by atoms with E-state index in [0.29, 0.717) is 10.5 Å². The molecule has 0 saturated carbocycles. The van der Waals surface area contributed by atoms with Gasteiger partial charge in [0, 0.05) is 5.75 Å². The molecule has 2 heteroatoms. The summed E-state index contributed by atoms with van der Waals surface area (Å²) in [5.41, 5.74) is 0.354. The van der Waals surface area contributed by atoms with E-state index in [1.807, 2.05) is 6.92 Å². The van der Waals surface area contributed by atoms with Crippen LogP contribution >= 0.6 is 11.8 Å². The van der Waals surface area contributed by atoms with Crippen LogP contribution < -0.4 is 0 Å². The smallest absolute Gasteiger partial charge is 0.0610 e. The van der Waals surface area contributed by atoms with Crippen molar-refractivity contribution in [3.8, 4) is 0 Å². The average Bonchev–Trinajstić information content (AvgIpc) is 1.59. The second kappa shape index (κ2) is 3.25. The first kappa shape index (κ1) is 9.02. The maximum absolute atomic E-state index is 7.14. The fourth-order valence-electron chi connectivity index (χ4n) is 0.325. The molecule has 0 aromatic heterocycles. The molecule has 0 saturated heterocycles. The average molecular weight is 145 g/mol. The van der Waals surface area contributed by atoms with Gasteiger partial charge in [0.15, 0.2) is 0 Å². The van der Waals surface area contributed by atoms with Crippen LogP contribution in [0.15, 0.2) is 0 Å². The summed E-state index contributed by atoms with van der Waals surface area (Å²) in [6.07, 6.45) is 0. The minimum atomic E-state index is 0.354. The largest absolute Gasteiger partial charge is 0.299 e. The molecule has 0 rings (SSSR count). The molecule has 0 aliphatic carbocycles. The van der Waals surface area contributed by atoms with Crippen LogP contribution in [0.25, 0.3) is 0 Å². The number of hydrogen-bond donors (Lipinski definition) is 1. The molecule has 0 aromatic carbocycles. The zero-order valence-corrected chi connectivity index (χ0v) is 7.43. The molecule has 0 aliphatic rings. The highest BCUT2D eigenvalue weighted by Crippen LogP contribution is 2.20. The van der Waals surface area contributed by atoms with Crippen molar-refractivity contribution in [1.29, 1.82) is 5.41 Å². The lowest BCUT2D eigenvalue weighted by molar-refractivity contribution is 0.481. The first-order valence-electron chi connectivity index (χ1n) is 3.10. The van der Waals surface area contributed by atoms with Crippen LogP contribution in [0.2, 0.25) is 0 Å². The topological polar surface area (TPSA) is 23.9 Å². The monoisotopic (exact) mass is 145 g/mol. The summed E-state index contributed by atoms with van der Waals surface area (Å²) in [6, 6.07) is 0. The highest BCUT2D eigenvalue weighted by atomic mass is 32.2. The van der Waals surface area contributed by atoms with E-state index in [2.05, 4.69) is 20.8 Å². The normalized spacial score (nSPS) is 11.6. The van der Waals surface area contributed by atoms with E-state index in [0.717, 1.165) is 5.75 Å². The summed E-state index contributed by atoms with van der Waals surface area (Å²) in [6.45, 7) is 8.38. The lowest BCUT2D eigenvalue weighted by Crippen LogP contribution is -2.09. The van der Waals surface area contributed by atoms with Gasteiger partial charge in [-0.1, -0.05) is 20.8 Å². The van der Waals surface area contributed by atoms with Gasteiger partial charge >= 0.3 is 0 Å². The van der Waals surface area contributed by atoms with Crippen molar-refractivity contribution in [1.82, 2.24) is 0 Å². The predicted molar refractivity (Wildman–Crippen MR) is 45.3 cm³/mol. The van der Waals surface area contributed by atoms with E-state index in [-0.39, 0.29) is 0 Å². The fourth-order valence-corrected chi connectivity index (χ4v) is 0.974. The molecule has 9 heavy (non-hydrogen) atoms. The van der Waals surface area contributed by atoms with Crippen LogP contribution in [0, 0.1) is 10.8 Å². The highest BCUT2D eigenvalue weighted by Gasteiger charge is 2.09. The standard InChI is InChI=1S/C7H15NS/c1-6(8)9-5-7(2,3)4/h8H,5H2,1-4H3. The van der Waals surface area contributed by atoms with Crippen LogP contribution in [-0.4, -0.2) is 10.8 Å². The number of hydrogen-bond acceptors (Lipinski definition) is 2. The van der Waals surface area contributed by atoms with Crippen molar-refractivity contribution in [2.45, 2.75) is 27.7 Å². The number of nitrogens with one attached hydrogen (secondary N) is 1. The van der Waals surface area contributed by atoms with Gasteiger partial charge in [-0.3, -0.25) is 5.41 Å². The van der Waals surface area contributed by atoms with Crippen LogP contribution in [0.1, 0.15) is 27.7 Å². The Bertz CT molecular complexity index is 102. The van der Waals surface area contributed by atoms with Crippen molar-refractivity contribution in [2.24, 2.45) is 5.41 Å². The molecule has 0 amide bonds.